The Hall–Kier alpha value is -3.18. The average molecular weight is 516 g/mol. The highest BCUT2D eigenvalue weighted by molar-refractivity contribution is 7.11. The van der Waals surface area contributed by atoms with Gasteiger partial charge in [0, 0.05) is 30.4 Å². The summed E-state index contributed by atoms with van der Waals surface area (Å²) in [6.07, 6.45) is 2.03. The first-order chi connectivity index (χ1) is 17.3. The number of benzene rings is 1. The van der Waals surface area contributed by atoms with E-state index in [9.17, 15) is 14.0 Å². The maximum Gasteiger partial charge on any atom is 0.338 e. The summed E-state index contributed by atoms with van der Waals surface area (Å²) in [7, 11) is 0. The molecule has 2 saturated heterocycles. The van der Waals surface area contributed by atoms with Crippen LogP contribution in [0.15, 0.2) is 46.0 Å². The van der Waals surface area contributed by atoms with Crippen molar-refractivity contribution in [1.29, 1.82) is 0 Å². The third-order valence-electron chi connectivity index (χ3n) is 6.96. The number of fused-ring (bicyclic) bond motifs is 1. The van der Waals surface area contributed by atoms with Crippen LogP contribution in [0.5, 0.6) is 0 Å². The van der Waals surface area contributed by atoms with E-state index in [-0.39, 0.29) is 37.7 Å². The molecular weight excluding hydrogens is 488 g/mol. The van der Waals surface area contributed by atoms with Gasteiger partial charge in [0.25, 0.3) is 0 Å². The molecule has 1 aromatic carbocycles. The standard InChI is InChI=1S/C25H27F2N5O3S/c1-3-35-24(34)19-18(11-32-9-7-16-22(33)29-12-25(16,27)13-32)30-21(23-28-8-10-36-23)31-20(19)15-5-4-6-17(26)14(15)2/h4-6,8,10,16,20H,3,7,9,11-13H2,1-2H3,(H,29,33)(H,30,31)/t16-,20-,25+/m0/s1. The molecule has 2 fully saturated rings. The Kier molecular flexibility index (Phi) is 6.60. The Bertz CT molecular complexity index is 1250. The van der Waals surface area contributed by atoms with Gasteiger partial charge in [-0.3, -0.25) is 14.7 Å². The summed E-state index contributed by atoms with van der Waals surface area (Å²) >= 11 is 1.38. The number of hydrogen-bond acceptors (Lipinski definition) is 8. The highest BCUT2D eigenvalue weighted by Gasteiger charge is 2.52. The van der Waals surface area contributed by atoms with Crippen LogP contribution in [-0.4, -0.2) is 66.1 Å². The Morgan fingerprint density at radius 3 is 2.97 bits per heavy atom. The van der Waals surface area contributed by atoms with Crippen LogP contribution in [0, 0.1) is 18.7 Å². The number of carbonyl (C=O) groups is 2. The summed E-state index contributed by atoms with van der Waals surface area (Å²) < 4.78 is 35.6. The molecule has 36 heavy (non-hydrogen) atoms. The normalized spacial score (nSPS) is 26.2. The van der Waals surface area contributed by atoms with Crippen molar-refractivity contribution in [2.24, 2.45) is 10.9 Å². The van der Waals surface area contributed by atoms with Crippen LogP contribution in [0.2, 0.25) is 0 Å². The van der Waals surface area contributed by atoms with E-state index in [4.69, 9.17) is 9.73 Å². The summed E-state index contributed by atoms with van der Waals surface area (Å²) in [5.74, 6) is -1.44. The summed E-state index contributed by atoms with van der Waals surface area (Å²) in [6, 6.07) is 3.86. The van der Waals surface area contributed by atoms with E-state index in [0.29, 0.717) is 40.6 Å². The molecule has 3 aliphatic rings. The van der Waals surface area contributed by atoms with Gasteiger partial charge in [-0.25, -0.2) is 18.6 Å². The molecule has 11 heteroatoms. The van der Waals surface area contributed by atoms with Gasteiger partial charge >= 0.3 is 5.97 Å². The Morgan fingerprint density at radius 1 is 1.39 bits per heavy atom. The molecule has 0 bridgehead atoms. The van der Waals surface area contributed by atoms with E-state index in [2.05, 4.69) is 15.6 Å². The van der Waals surface area contributed by atoms with Crippen molar-refractivity contribution in [3.8, 4) is 0 Å². The van der Waals surface area contributed by atoms with Gasteiger partial charge in [0.05, 0.1) is 24.6 Å². The summed E-state index contributed by atoms with van der Waals surface area (Å²) in [5, 5.41) is 8.30. The molecule has 0 unspecified atom stereocenters. The number of amides is 1. The number of aromatic nitrogens is 1. The highest BCUT2D eigenvalue weighted by Crippen LogP contribution is 2.38. The monoisotopic (exact) mass is 515 g/mol. The minimum absolute atomic E-state index is 0.0266. The van der Waals surface area contributed by atoms with E-state index < -0.39 is 29.4 Å². The number of hydrogen-bond donors (Lipinski definition) is 2. The third-order valence-corrected chi connectivity index (χ3v) is 7.74. The molecule has 2 aromatic rings. The quantitative estimate of drug-likeness (QED) is 0.575. The molecule has 1 aromatic heterocycles. The molecule has 3 atom stereocenters. The first-order valence-electron chi connectivity index (χ1n) is 11.9. The van der Waals surface area contributed by atoms with E-state index in [1.807, 2.05) is 10.3 Å². The van der Waals surface area contributed by atoms with Gasteiger partial charge in [-0.05, 0) is 44.0 Å². The number of amidine groups is 1. The van der Waals surface area contributed by atoms with Crippen LogP contribution in [0.3, 0.4) is 0 Å². The fraction of sp³-hybridized carbons (Fsp3) is 0.440. The lowest BCUT2D eigenvalue weighted by Gasteiger charge is -2.39. The zero-order valence-electron chi connectivity index (χ0n) is 20.0. The minimum atomic E-state index is -1.67. The molecule has 5 rings (SSSR count). The molecular formula is C25H27F2N5O3S. The van der Waals surface area contributed by atoms with Crippen molar-refractivity contribution in [3.63, 3.8) is 0 Å². The lowest BCUT2D eigenvalue weighted by atomic mass is 9.85. The van der Waals surface area contributed by atoms with Crippen molar-refractivity contribution >= 4 is 29.0 Å². The lowest BCUT2D eigenvalue weighted by molar-refractivity contribution is -0.139. The molecule has 3 aliphatic heterocycles. The first-order valence-corrected chi connectivity index (χ1v) is 12.8. The second-order valence-corrected chi connectivity index (χ2v) is 10.1. The number of nitrogens with zero attached hydrogens (tertiary/aromatic N) is 3. The van der Waals surface area contributed by atoms with Crippen molar-refractivity contribution in [2.75, 3.05) is 32.8 Å². The number of thiazole rings is 1. The molecule has 4 heterocycles. The molecule has 8 nitrogen and oxygen atoms in total. The number of aliphatic imine (C=N–C) groups is 1. The fourth-order valence-electron chi connectivity index (χ4n) is 5.16. The first kappa shape index (κ1) is 24.5. The maximum absolute atomic E-state index is 15.6. The minimum Gasteiger partial charge on any atom is -0.463 e. The average Bonchev–Trinajstić information content (AvgIpc) is 3.49. The van der Waals surface area contributed by atoms with Crippen molar-refractivity contribution in [1.82, 2.24) is 20.5 Å². The van der Waals surface area contributed by atoms with E-state index in [1.54, 1.807) is 32.2 Å². The number of ether oxygens (including phenoxy) is 1. The summed E-state index contributed by atoms with van der Waals surface area (Å²) in [5.41, 5.74) is 0.00626. The van der Waals surface area contributed by atoms with Gasteiger partial charge in [-0.1, -0.05) is 12.1 Å². The molecule has 1 amide bonds. The van der Waals surface area contributed by atoms with E-state index >= 15 is 4.39 Å². The smallest absolute Gasteiger partial charge is 0.338 e. The lowest BCUT2D eigenvalue weighted by Crippen LogP contribution is -2.53. The van der Waals surface area contributed by atoms with Crippen molar-refractivity contribution in [3.05, 3.63) is 63.0 Å². The molecule has 0 saturated carbocycles. The van der Waals surface area contributed by atoms with Gasteiger partial charge in [-0.2, -0.15) is 0 Å². The molecule has 0 spiro atoms. The van der Waals surface area contributed by atoms with Crippen LogP contribution in [-0.2, 0) is 14.3 Å². The third kappa shape index (κ3) is 4.41. The fourth-order valence-corrected chi connectivity index (χ4v) is 5.74. The largest absolute Gasteiger partial charge is 0.463 e. The van der Waals surface area contributed by atoms with Crippen LogP contribution in [0.4, 0.5) is 8.78 Å². The number of halogens is 2. The van der Waals surface area contributed by atoms with Gasteiger partial charge in [-0.15, -0.1) is 11.3 Å². The summed E-state index contributed by atoms with van der Waals surface area (Å²) in [6.45, 7) is 4.22. The number of alkyl halides is 1. The van der Waals surface area contributed by atoms with Crippen LogP contribution < -0.4 is 10.6 Å². The van der Waals surface area contributed by atoms with Gasteiger partial charge in [0.2, 0.25) is 5.91 Å². The van der Waals surface area contributed by atoms with E-state index in [1.165, 1.54) is 17.4 Å². The number of piperidine rings is 1. The maximum atomic E-state index is 15.6. The van der Waals surface area contributed by atoms with Crippen LogP contribution in [0.1, 0.15) is 35.5 Å². The number of nitrogens with one attached hydrogen (secondary N) is 2. The predicted octanol–water partition coefficient (Wildman–Crippen LogP) is 2.66. The molecule has 0 aliphatic carbocycles. The van der Waals surface area contributed by atoms with Crippen LogP contribution >= 0.6 is 11.3 Å². The van der Waals surface area contributed by atoms with Crippen LogP contribution in [0.25, 0.3) is 0 Å². The molecule has 2 N–H and O–H groups in total. The molecule has 190 valence electrons. The highest BCUT2D eigenvalue weighted by atomic mass is 32.1. The zero-order valence-corrected chi connectivity index (χ0v) is 20.8. The van der Waals surface area contributed by atoms with E-state index in [0.717, 1.165) is 0 Å². The predicted molar refractivity (Wildman–Crippen MR) is 131 cm³/mol. The Balaban J connectivity index is 1.56. The number of rotatable bonds is 6. The zero-order chi connectivity index (χ0) is 25.4. The number of likely N-dealkylation sites (tertiary alicyclic amines) is 1. The summed E-state index contributed by atoms with van der Waals surface area (Å²) in [4.78, 5) is 36.3. The Morgan fingerprint density at radius 2 is 2.22 bits per heavy atom. The second-order valence-electron chi connectivity index (χ2n) is 9.21. The van der Waals surface area contributed by atoms with Crippen molar-refractivity contribution < 1.29 is 23.1 Å². The SMILES string of the molecule is CCOC(=O)C1=C(CN2CC[C@H]3C(=O)NC[C@@]3(F)C2)NC(c2nccs2)=N[C@H]1c1cccc(F)c1C. The topological polar surface area (TPSA) is 95.9 Å². The van der Waals surface area contributed by atoms with Gasteiger partial charge in [0.1, 0.15) is 11.9 Å². The number of carbonyl (C=O) groups excluding carboxylic acids is 2. The van der Waals surface area contributed by atoms with Crippen molar-refractivity contribution in [2.45, 2.75) is 32.0 Å². The second kappa shape index (κ2) is 9.70. The molecule has 0 radical (unpaired) electrons. The Labute approximate surface area is 211 Å². The van der Waals surface area contributed by atoms with Gasteiger partial charge in [0.15, 0.2) is 16.5 Å². The number of esters is 1. The van der Waals surface area contributed by atoms with Gasteiger partial charge < -0.3 is 15.4 Å².